The summed E-state index contributed by atoms with van der Waals surface area (Å²) in [6.07, 6.45) is 11.7. The molecule has 2 aliphatic carbocycles. The molecule has 2 rings (SSSR count). The molecule has 1 heteroatoms. The van der Waals surface area contributed by atoms with Gasteiger partial charge in [-0.3, -0.25) is 0 Å². The van der Waals surface area contributed by atoms with Crippen LogP contribution in [-0.2, 0) is 0 Å². The van der Waals surface area contributed by atoms with Crippen LogP contribution in [0.25, 0.3) is 0 Å². The molecule has 1 nitrogen and oxygen atoms in total. The Morgan fingerprint density at radius 2 is 1.63 bits per heavy atom. The van der Waals surface area contributed by atoms with Crippen molar-refractivity contribution in [2.45, 2.75) is 78.2 Å². The Kier molecular flexibility index (Phi) is 5.74. The first-order valence-corrected chi connectivity index (χ1v) is 8.81. The average Bonchev–Trinajstić information content (AvgIpc) is 2.38. The second-order valence-electron chi connectivity index (χ2n) is 7.63. The smallest absolute Gasteiger partial charge is 0.00695 e. The van der Waals surface area contributed by atoms with E-state index < -0.39 is 0 Å². The maximum atomic E-state index is 3.45. The van der Waals surface area contributed by atoms with Gasteiger partial charge >= 0.3 is 0 Å². The van der Waals surface area contributed by atoms with E-state index in [1.54, 1.807) is 0 Å². The molecule has 4 atom stereocenters. The van der Waals surface area contributed by atoms with Crippen LogP contribution < -0.4 is 5.32 Å². The molecule has 0 aliphatic heterocycles. The maximum Gasteiger partial charge on any atom is 0.00695 e. The average molecular weight is 265 g/mol. The summed E-state index contributed by atoms with van der Waals surface area (Å²) in [7, 11) is 2.13. The third kappa shape index (κ3) is 3.97. The van der Waals surface area contributed by atoms with Gasteiger partial charge in [-0.1, -0.05) is 46.5 Å². The van der Waals surface area contributed by atoms with Crippen LogP contribution >= 0.6 is 0 Å². The normalized spacial score (nSPS) is 44.8. The van der Waals surface area contributed by atoms with E-state index >= 15 is 0 Å². The number of nitrogens with one attached hydrogen (secondary N) is 1. The van der Waals surface area contributed by atoms with Crippen LogP contribution in [0.2, 0.25) is 0 Å². The van der Waals surface area contributed by atoms with Crippen molar-refractivity contribution >= 4 is 0 Å². The fourth-order valence-electron chi connectivity index (χ4n) is 4.69. The van der Waals surface area contributed by atoms with Crippen LogP contribution in [0.15, 0.2) is 0 Å². The van der Waals surface area contributed by atoms with Crippen molar-refractivity contribution in [3.05, 3.63) is 0 Å². The van der Waals surface area contributed by atoms with Gasteiger partial charge in [0.1, 0.15) is 0 Å². The molecule has 2 fully saturated rings. The van der Waals surface area contributed by atoms with E-state index in [9.17, 15) is 0 Å². The lowest BCUT2D eigenvalue weighted by atomic mass is 9.66. The van der Waals surface area contributed by atoms with E-state index in [4.69, 9.17) is 0 Å². The SMILES string of the molecule is CCC1CCCC(C)CC(C2CC(NC)C2)CC1C. The first kappa shape index (κ1) is 15.4. The highest BCUT2D eigenvalue weighted by Gasteiger charge is 2.36. The Bertz CT molecular complexity index is 256. The van der Waals surface area contributed by atoms with Gasteiger partial charge in [-0.2, -0.15) is 0 Å². The van der Waals surface area contributed by atoms with Crippen molar-refractivity contribution in [3.63, 3.8) is 0 Å². The summed E-state index contributed by atoms with van der Waals surface area (Å²) < 4.78 is 0. The number of hydrogen-bond donors (Lipinski definition) is 1. The van der Waals surface area contributed by atoms with Gasteiger partial charge in [-0.05, 0) is 62.3 Å². The molecule has 2 saturated carbocycles. The molecule has 19 heavy (non-hydrogen) atoms. The molecular weight excluding hydrogens is 230 g/mol. The Labute approximate surface area is 120 Å². The van der Waals surface area contributed by atoms with Crippen molar-refractivity contribution in [1.29, 1.82) is 0 Å². The van der Waals surface area contributed by atoms with E-state index in [0.717, 1.165) is 35.6 Å². The lowest BCUT2D eigenvalue weighted by molar-refractivity contribution is 0.109. The summed E-state index contributed by atoms with van der Waals surface area (Å²) in [6, 6.07) is 0.824. The quantitative estimate of drug-likeness (QED) is 0.768. The Hall–Kier alpha value is -0.0400. The molecule has 0 aromatic carbocycles. The molecule has 0 spiro atoms. The van der Waals surface area contributed by atoms with Crippen LogP contribution in [0.1, 0.15) is 72.1 Å². The third-order valence-corrected chi connectivity index (χ3v) is 6.23. The Balaban J connectivity index is 1.95. The van der Waals surface area contributed by atoms with E-state index in [2.05, 4.69) is 33.1 Å². The number of rotatable bonds is 3. The molecule has 0 amide bonds. The minimum Gasteiger partial charge on any atom is -0.317 e. The van der Waals surface area contributed by atoms with Gasteiger partial charge in [0.15, 0.2) is 0 Å². The van der Waals surface area contributed by atoms with Gasteiger partial charge in [0.05, 0.1) is 0 Å². The standard InChI is InChI=1S/C18H35N/c1-5-15-8-6-7-13(2)9-16(10-14(15)3)17-11-18(12-17)19-4/h13-19H,5-12H2,1-4H3. The van der Waals surface area contributed by atoms with Gasteiger partial charge in [0, 0.05) is 6.04 Å². The summed E-state index contributed by atoms with van der Waals surface area (Å²) in [4.78, 5) is 0. The summed E-state index contributed by atoms with van der Waals surface area (Å²) >= 11 is 0. The first-order valence-electron chi connectivity index (χ1n) is 8.81. The van der Waals surface area contributed by atoms with Gasteiger partial charge in [0.25, 0.3) is 0 Å². The second-order valence-corrected chi connectivity index (χ2v) is 7.63. The molecule has 1 N–H and O–H groups in total. The summed E-state index contributed by atoms with van der Waals surface area (Å²) in [5.74, 6) is 4.95. The zero-order chi connectivity index (χ0) is 13.8. The largest absolute Gasteiger partial charge is 0.317 e. The van der Waals surface area contributed by atoms with Crippen LogP contribution in [-0.4, -0.2) is 13.1 Å². The van der Waals surface area contributed by atoms with Crippen LogP contribution in [0.5, 0.6) is 0 Å². The molecule has 0 bridgehead atoms. The molecule has 2 aliphatic rings. The highest BCUT2D eigenvalue weighted by molar-refractivity contribution is 4.90. The van der Waals surface area contributed by atoms with Crippen LogP contribution in [0.3, 0.4) is 0 Å². The van der Waals surface area contributed by atoms with E-state index in [1.807, 2.05) is 0 Å². The molecule has 4 unspecified atom stereocenters. The number of hydrogen-bond acceptors (Lipinski definition) is 1. The zero-order valence-corrected chi connectivity index (χ0v) is 13.6. The Morgan fingerprint density at radius 3 is 2.26 bits per heavy atom. The highest BCUT2D eigenvalue weighted by Crippen LogP contribution is 2.43. The summed E-state index contributed by atoms with van der Waals surface area (Å²) in [5, 5.41) is 3.45. The predicted octanol–water partition coefficient (Wildman–Crippen LogP) is 4.86. The minimum atomic E-state index is 0.824. The van der Waals surface area contributed by atoms with Gasteiger partial charge in [-0.25, -0.2) is 0 Å². The van der Waals surface area contributed by atoms with Crippen molar-refractivity contribution < 1.29 is 0 Å². The van der Waals surface area contributed by atoms with Crippen molar-refractivity contribution in [2.75, 3.05) is 7.05 Å². The first-order chi connectivity index (χ1) is 9.13. The second kappa shape index (κ2) is 7.11. The fourth-order valence-corrected chi connectivity index (χ4v) is 4.69. The highest BCUT2D eigenvalue weighted by atomic mass is 14.9. The van der Waals surface area contributed by atoms with Gasteiger partial charge < -0.3 is 5.32 Å². The fraction of sp³-hybridized carbons (Fsp3) is 1.00. The topological polar surface area (TPSA) is 12.0 Å². The zero-order valence-electron chi connectivity index (χ0n) is 13.6. The molecule has 112 valence electrons. The van der Waals surface area contributed by atoms with E-state index in [-0.39, 0.29) is 0 Å². The molecule has 0 aromatic rings. The van der Waals surface area contributed by atoms with Gasteiger partial charge in [-0.15, -0.1) is 0 Å². The van der Waals surface area contributed by atoms with E-state index in [1.165, 1.54) is 51.4 Å². The summed E-state index contributed by atoms with van der Waals surface area (Å²) in [6.45, 7) is 7.43. The molecule has 0 saturated heterocycles. The maximum absolute atomic E-state index is 3.45. The van der Waals surface area contributed by atoms with Crippen LogP contribution in [0, 0.1) is 29.6 Å². The minimum absolute atomic E-state index is 0.824. The lowest BCUT2D eigenvalue weighted by Crippen LogP contribution is -2.43. The third-order valence-electron chi connectivity index (χ3n) is 6.23. The lowest BCUT2D eigenvalue weighted by Gasteiger charge is -2.42. The van der Waals surface area contributed by atoms with Crippen molar-refractivity contribution in [2.24, 2.45) is 29.6 Å². The van der Waals surface area contributed by atoms with Gasteiger partial charge in [0.2, 0.25) is 0 Å². The summed E-state index contributed by atoms with van der Waals surface area (Å²) in [5.41, 5.74) is 0. The van der Waals surface area contributed by atoms with Crippen LogP contribution in [0.4, 0.5) is 0 Å². The predicted molar refractivity (Wildman–Crippen MR) is 84.3 cm³/mol. The molecule has 0 radical (unpaired) electrons. The molecule has 0 heterocycles. The molecule has 0 aromatic heterocycles. The molecular formula is C18H35N. The van der Waals surface area contributed by atoms with Crippen molar-refractivity contribution in [1.82, 2.24) is 5.32 Å². The monoisotopic (exact) mass is 265 g/mol. The van der Waals surface area contributed by atoms with Crippen molar-refractivity contribution in [3.8, 4) is 0 Å². The van der Waals surface area contributed by atoms with E-state index in [0.29, 0.717) is 0 Å². The Morgan fingerprint density at radius 1 is 0.947 bits per heavy atom.